The zero-order valence-electron chi connectivity index (χ0n) is 30.9. The Hall–Kier alpha value is -5.84. The molecule has 0 saturated carbocycles. The van der Waals surface area contributed by atoms with Crippen LogP contribution in [0.1, 0.15) is 65.3 Å². The number of tetrazole rings is 1. The van der Waals surface area contributed by atoms with E-state index in [1.807, 2.05) is 95.6 Å². The summed E-state index contributed by atoms with van der Waals surface area (Å²) in [7, 11) is 0. The highest BCUT2D eigenvalue weighted by atomic mass is 79.9. The molecule has 8 aromatic rings. The average Bonchev–Trinajstić information content (AvgIpc) is 3.94. The van der Waals surface area contributed by atoms with Gasteiger partial charge in [-0.05, 0) is 68.9 Å². The highest BCUT2D eigenvalue weighted by Gasteiger charge is 2.41. The zero-order valence-corrected chi connectivity index (χ0v) is 33.2. The van der Waals surface area contributed by atoms with E-state index in [-0.39, 0.29) is 17.5 Å². The van der Waals surface area contributed by atoms with Crippen LogP contribution in [0.4, 0.5) is 0 Å². The van der Waals surface area contributed by atoms with Crippen LogP contribution in [0.25, 0.3) is 33.7 Å². The van der Waals surface area contributed by atoms with Gasteiger partial charge in [0.15, 0.2) is 16.4 Å². The first kappa shape index (κ1) is 37.1. The number of nitrogens with zero attached hydrogens (tertiary/aromatic N) is 6. The predicted octanol–water partition coefficient (Wildman–Crippen LogP) is 10.8. The van der Waals surface area contributed by atoms with E-state index in [0.29, 0.717) is 30.1 Å². The molecule has 3 heterocycles. The fourth-order valence-corrected chi connectivity index (χ4v) is 8.23. The summed E-state index contributed by atoms with van der Waals surface area (Å²) in [5, 5.41) is 15.7. The average molecular weight is 826 g/mol. The first-order valence-corrected chi connectivity index (χ1v) is 19.8. The molecular formula is C45H38BrClN6O3. The molecule has 280 valence electrons. The maximum absolute atomic E-state index is 13.0. The number of imidazole rings is 1. The van der Waals surface area contributed by atoms with Crippen molar-refractivity contribution < 1.29 is 13.9 Å². The van der Waals surface area contributed by atoms with Gasteiger partial charge in [-0.1, -0.05) is 146 Å². The van der Waals surface area contributed by atoms with Crippen LogP contribution in [0.5, 0.6) is 0 Å². The van der Waals surface area contributed by atoms with E-state index in [9.17, 15) is 4.79 Å². The standard InChI is InChI=1S/C45H38BrClN6O3/c1-3-5-25-38-48-42(47)40(44(54)55-4-2)52(38)29-30-26-27-37-36(28-30)39(46)41(56-37)34-23-15-16-24-35(34)43-49-51-53(50-43)45(31-17-9-6-10-18-31,32-19-11-7-12-20-32)33-21-13-8-14-22-33/h6-24,26-28H,3-5,25,29H2,1-2H3. The van der Waals surface area contributed by atoms with E-state index in [1.165, 1.54) is 0 Å². The minimum atomic E-state index is -0.913. The molecule has 0 atom stereocenters. The normalized spacial score (nSPS) is 11.6. The highest BCUT2D eigenvalue weighted by molar-refractivity contribution is 9.10. The molecule has 0 radical (unpaired) electrons. The number of benzene rings is 5. The van der Waals surface area contributed by atoms with Crippen LogP contribution in [-0.2, 0) is 23.2 Å². The fourth-order valence-electron chi connectivity index (χ4n) is 7.35. The summed E-state index contributed by atoms with van der Waals surface area (Å²) in [5.41, 5.74) is 5.53. The van der Waals surface area contributed by atoms with Crippen LogP contribution in [0.15, 0.2) is 142 Å². The quantitative estimate of drug-likeness (QED) is 0.0843. The maximum atomic E-state index is 13.0. The van der Waals surface area contributed by atoms with Gasteiger partial charge in [0.2, 0.25) is 5.82 Å². The highest BCUT2D eigenvalue weighted by Crippen LogP contribution is 2.43. The van der Waals surface area contributed by atoms with Crippen LogP contribution < -0.4 is 0 Å². The van der Waals surface area contributed by atoms with Crippen molar-refractivity contribution in [3.05, 3.63) is 177 Å². The number of ether oxygens (including phenoxy) is 1. The molecule has 0 amide bonds. The predicted molar refractivity (Wildman–Crippen MR) is 222 cm³/mol. The van der Waals surface area contributed by atoms with Gasteiger partial charge < -0.3 is 13.7 Å². The van der Waals surface area contributed by atoms with Crippen LogP contribution in [0, 0.1) is 0 Å². The number of aromatic nitrogens is 6. The van der Waals surface area contributed by atoms with E-state index in [4.69, 9.17) is 36.2 Å². The topological polar surface area (TPSA) is 101 Å². The summed E-state index contributed by atoms with van der Waals surface area (Å²) >= 11 is 10.4. The lowest BCUT2D eigenvalue weighted by atomic mass is 9.77. The number of hydrogen-bond donors (Lipinski definition) is 0. The third kappa shape index (κ3) is 6.73. The molecule has 0 spiro atoms. The van der Waals surface area contributed by atoms with Crippen molar-refractivity contribution in [2.75, 3.05) is 6.61 Å². The molecule has 0 fully saturated rings. The Morgan fingerprint density at radius 3 is 2.04 bits per heavy atom. The lowest BCUT2D eigenvalue weighted by molar-refractivity contribution is 0.0514. The minimum absolute atomic E-state index is 0.151. The first-order chi connectivity index (χ1) is 27.4. The molecule has 9 nitrogen and oxygen atoms in total. The number of unbranched alkanes of at least 4 members (excludes halogenated alkanes) is 1. The number of halogens is 2. The molecule has 56 heavy (non-hydrogen) atoms. The molecule has 0 N–H and O–H groups in total. The smallest absolute Gasteiger partial charge is 0.358 e. The van der Waals surface area contributed by atoms with Gasteiger partial charge >= 0.3 is 5.97 Å². The third-order valence-electron chi connectivity index (χ3n) is 9.96. The lowest BCUT2D eigenvalue weighted by Gasteiger charge is -2.34. The summed E-state index contributed by atoms with van der Waals surface area (Å²) in [6, 6.07) is 44.7. The summed E-state index contributed by atoms with van der Waals surface area (Å²) in [4.78, 5) is 19.3. The largest absolute Gasteiger partial charge is 0.461 e. The number of carbonyl (C=O) groups excluding carboxylic acids is 1. The van der Waals surface area contributed by atoms with Crippen molar-refractivity contribution >= 4 is 44.5 Å². The van der Waals surface area contributed by atoms with Gasteiger partial charge in [-0.3, -0.25) is 0 Å². The number of hydrogen-bond acceptors (Lipinski definition) is 7. The second-order valence-corrected chi connectivity index (χ2v) is 14.6. The lowest BCUT2D eigenvalue weighted by Crippen LogP contribution is -2.39. The molecule has 0 saturated heterocycles. The number of carbonyl (C=O) groups is 1. The van der Waals surface area contributed by atoms with E-state index >= 15 is 0 Å². The van der Waals surface area contributed by atoms with Gasteiger partial charge in [0, 0.05) is 29.5 Å². The Bertz CT molecular complexity index is 2520. The number of furan rings is 1. The zero-order chi connectivity index (χ0) is 38.6. The molecule has 5 aromatic carbocycles. The van der Waals surface area contributed by atoms with Gasteiger partial charge in [0.1, 0.15) is 17.2 Å². The van der Waals surface area contributed by atoms with Crippen molar-refractivity contribution in [3.8, 4) is 22.7 Å². The molecule has 0 aliphatic carbocycles. The fraction of sp³-hybridized carbons (Fsp3) is 0.178. The molecular weight excluding hydrogens is 788 g/mol. The van der Waals surface area contributed by atoms with Crippen LogP contribution in [0.2, 0.25) is 5.15 Å². The molecule has 8 rings (SSSR count). The van der Waals surface area contributed by atoms with Crippen molar-refractivity contribution in [2.24, 2.45) is 0 Å². The summed E-state index contributed by atoms with van der Waals surface area (Å²) in [6.07, 6.45) is 2.59. The van der Waals surface area contributed by atoms with Gasteiger partial charge in [0.25, 0.3) is 0 Å². The Kier molecular flexibility index (Phi) is 10.7. The second-order valence-electron chi connectivity index (χ2n) is 13.4. The summed E-state index contributed by atoms with van der Waals surface area (Å²) in [5.74, 6) is 1.34. The van der Waals surface area contributed by atoms with Crippen LogP contribution in [0.3, 0.4) is 0 Å². The van der Waals surface area contributed by atoms with E-state index in [1.54, 1.807) is 11.7 Å². The Balaban J connectivity index is 1.21. The molecule has 0 bridgehead atoms. The van der Waals surface area contributed by atoms with Crippen molar-refractivity contribution in [3.63, 3.8) is 0 Å². The van der Waals surface area contributed by atoms with E-state index in [0.717, 1.165) is 61.9 Å². The van der Waals surface area contributed by atoms with Crippen molar-refractivity contribution in [2.45, 2.75) is 45.2 Å². The number of esters is 1. The molecule has 0 aliphatic heterocycles. The van der Waals surface area contributed by atoms with Crippen molar-refractivity contribution in [1.82, 2.24) is 29.8 Å². The maximum Gasteiger partial charge on any atom is 0.358 e. The van der Waals surface area contributed by atoms with E-state index < -0.39 is 11.5 Å². The van der Waals surface area contributed by atoms with Crippen molar-refractivity contribution in [1.29, 1.82) is 0 Å². The number of rotatable bonds is 13. The second kappa shape index (κ2) is 16.1. The Morgan fingerprint density at radius 2 is 1.43 bits per heavy atom. The van der Waals surface area contributed by atoms with Gasteiger partial charge in [-0.25, -0.2) is 9.78 Å². The molecule has 0 aliphatic rings. The third-order valence-corrected chi connectivity index (χ3v) is 11.0. The number of aryl methyl sites for hydroxylation is 1. The van der Waals surface area contributed by atoms with Crippen LogP contribution >= 0.6 is 27.5 Å². The molecule has 0 unspecified atom stereocenters. The molecule has 3 aromatic heterocycles. The Labute approximate surface area is 338 Å². The monoisotopic (exact) mass is 824 g/mol. The van der Waals surface area contributed by atoms with E-state index in [2.05, 4.69) is 70.3 Å². The first-order valence-electron chi connectivity index (χ1n) is 18.6. The number of fused-ring (bicyclic) bond motifs is 1. The van der Waals surface area contributed by atoms with Gasteiger partial charge in [-0.2, -0.15) is 0 Å². The minimum Gasteiger partial charge on any atom is -0.461 e. The SMILES string of the molecule is CCCCc1nc(Cl)c(C(=O)OCC)n1Cc1ccc2oc(-c3ccccc3-c3nnn(C(c4ccccc4)(c4ccccc4)c4ccccc4)n3)c(Br)c2c1. The summed E-state index contributed by atoms with van der Waals surface area (Å²) in [6.45, 7) is 4.51. The van der Waals surface area contributed by atoms with Gasteiger partial charge in [0.05, 0.1) is 11.1 Å². The summed E-state index contributed by atoms with van der Waals surface area (Å²) < 4.78 is 14.6. The molecule has 11 heteroatoms. The Morgan fingerprint density at radius 1 is 0.821 bits per heavy atom. The van der Waals surface area contributed by atoms with Gasteiger partial charge in [-0.15, -0.1) is 15.0 Å². The van der Waals surface area contributed by atoms with Crippen LogP contribution in [-0.4, -0.2) is 42.3 Å².